The average molecular weight is 404 g/mol. The zero-order chi connectivity index (χ0) is 20.9. The Kier molecular flexibility index (Phi) is 4.34. The van der Waals surface area contributed by atoms with Gasteiger partial charge in [0.05, 0.1) is 11.9 Å². The molecule has 0 amide bonds. The molecule has 5 rings (SSSR count). The van der Waals surface area contributed by atoms with Crippen molar-refractivity contribution in [3.05, 3.63) is 42.7 Å². The number of aromatic amines is 1. The van der Waals surface area contributed by atoms with Gasteiger partial charge in [0.2, 0.25) is 0 Å². The van der Waals surface area contributed by atoms with Crippen molar-refractivity contribution in [3.8, 4) is 28.1 Å². The number of hydrogen-bond donors (Lipinski definition) is 2. The Morgan fingerprint density at radius 1 is 1.03 bits per heavy atom. The molecular formula is C24H29N5O. The second kappa shape index (κ2) is 6.83. The monoisotopic (exact) mass is 403 g/mol. The molecular weight excluding hydrogens is 374 g/mol. The largest absolute Gasteiger partial charge is 0.507 e. The van der Waals surface area contributed by atoms with E-state index in [0.29, 0.717) is 28.1 Å². The molecule has 2 bridgehead atoms. The lowest BCUT2D eigenvalue weighted by Gasteiger charge is -2.44. The standard InChI is InChI=1S/C24H29N5O/c1-23-8-9-24(2,15-23)12-18(11-23)29(3)22-7-6-20(27-28-22)19-5-4-16(10-21(19)30)17-13-25-26-14-17/h4-7,10,13-14,18,30H,8-9,11-12,15H2,1-3H3,(H,25,26)/t18?,23-,24?/m1/s1. The van der Waals surface area contributed by atoms with Crippen LogP contribution in [0, 0.1) is 10.8 Å². The Morgan fingerprint density at radius 2 is 1.80 bits per heavy atom. The van der Waals surface area contributed by atoms with E-state index in [-0.39, 0.29) is 5.75 Å². The molecule has 2 saturated carbocycles. The van der Waals surface area contributed by atoms with Crippen molar-refractivity contribution in [2.24, 2.45) is 10.8 Å². The van der Waals surface area contributed by atoms with Crippen LogP contribution in [-0.4, -0.2) is 38.6 Å². The van der Waals surface area contributed by atoms with Crippen molar-refractivity contribution in [3.63, 3.8) is 0 Å². The Morgan fingerprint density at radius 3 is 2.40 bits per heavy atom. The van der Waals surface area contributed by atoms with Crippen molar-refractivity contribution in [2.45, 2.75) is 52.0 Å². The minimum absolute atomic E-state index is 0.189. The van der Waals surface area contributed by atoms with E-state index in [9.17, 15) is 5.11 Å². The molecule has 0 saturated heterocycles. The third kappa shape index (κ3) is 3.34. The SMILES string of the molecule is CN(c1ccc(-c2ccc(-c3cn[nH]c3)cc2O)nn1)C1CC2(C)CC[C@](C)(C1)C2. The number of hydrogen-bond acceptors (Lipinski definition) is 5. The average Bonchev–Trinajstić information content (AvgIpc) is 3.33. The molecule has 3 aromatic rings. The van der Waals surface area contributed by atoms with Crippen LogP contribution in [0.3, 0.4) is 0 Å². The Labute approximate surface area is 177 Å². The van der Waals surface area contributed by atoms with Crippen LogP contribution >= 0.6 is 0 Å². The van der Waals surface area contributed by atoms with Gasteiger partial charge in [0, 0.05) is 30.4 Å². The first kappa shape index (κ1) is 19.1. The summed E-state index contributed by atoms with van der Waals surface area (Å²) in [5.74, 6) is 1.08. The summed E-state index contributed by atoms with van der Waals surface area (Å²) in [6, 6.07) is 10.0. The van der Waals surface area contributed by atoms with Crippen molar-refractivity contribution >= 4 is 5.82 Å². The molecule has 2 N–H and O–H groups in total. The molecule has 3 atom stereocenters. The highest BCUT2D eigenvalue weighted by Gasteiger charge is 2.49. The summed E-state index contributed by atoms with van der Waals surface area (Å²) in [6.45, 7) is 4.89. The molecule has 2 aromatic heterocycles. The maximum atomic E-state index is 10.5. The molecule has 0 aliphatic heterocycles. The molecule has 30 heavy (non-hydrogen) atoms. The second-order valence-corrected chi connectivity index (χ2v) is 9.97. The normalized spacial score (nSPS) is 27.9. The van der Waals surface area contributed by atoms with E-state index in [2.05, 4.69) is 46.2 Å². The van der Waals surface area contributed by atoms with Crippen LogP contribution in [0.4, 0.5) is 5.82 Å². The van der Waals surface area contributed by atoms with Gasteiger partial charge in [-0.3, -0.25) is 5.10 Å². The van der Waals surface area contributed by atoms with Gasteiger partial charge in [0.25, 0.3) is 0 Å². The summed E-state index contributed by atoms with van der Waals surface area (Å²) in [5, 5.41) is 26.2. The zero-order valence-corrected chi connectivity index (χ0v) is 17.9. The van der Waals surface area contributed by atoms with E-state index in [1.807, 2.05) is 24.3 Å². The van der Waals surface area contributed by atoms with Gasteiger partial charge >= 0.3 is 0 Å². The van der Waals surface area contributed by atoms with Gasteiger partial charge in [-0.05, 0) is 72.8 Å². The van der Waals surface area contributed by atoms with Crippen LogP contribution in [-0.2, 0) is 0 Å². The van der Waals surface area contributed by atoms with Crippen molar-refractivity contribution in [1.29, 1.82) is 0 Å². The molecule has 2 heterocycles. The fourth-order valence-electron chi connectivity index (χ4n) is 5.82. The number of anilines is 1. The van der Waals surface area contributed by atoms with Crippen molar-refractivity contribution in [2.75, 3.05) is 11.9 Å². The Balaban J connectivity index is 1.36. The first-order valence-corrected chi connectivity index (χ1v) is 10.7. The molecule has 2 fully saturated rings. The summed E-state index contributed by atoms with van der Waals surface area (Å²) >= 11 is 0. The number of benzene rings is 1. The van der Waals surface area contributed by atoms with Gasteiger partial charge in [-0.1, -0.05) is 19.9 Å². The Hall–Kier alpha value is -2.89. The van der Waals surface area contributed by atoms with Gasteiger partial charge in [-0.25, -0.2) is 0 Å². The van der Waals surface area contributed by atoms with Crippen LogP contribution in [0.25, 0.3) is 22.4 Å². The first-order chi connectivity index (χ1) is 14.3. The Bertz CT molecular complexity index is 1030. The summed E-state index contributed by atoms with van der Waals surface area (Å²) in [5.41, 5.74) is 4.11. The number of rotatable bonds is 4. The number of aromatic hydroxyl groups is 1. The zero-order valence-electron chi connectivity index (χ0n) is 17.9. The van der Waals surface area contributed by atoms with Gasteiger partial charge < -0.3 is 10.0 Å². The lowest BCUT2D eigenvalue weighted by Crippen LogP contribution is -2.42. The highest BCUT2D eigenvalue weighted by Crippen LogP contribution is 2.58. The molecule has 6 nitrogen and oxygen atoms in total. The van der Waals surface area contributed by atoms with Gasteiger partial charge in [0.15, 0.2) is 5.82 Å². The third-order valence-electron chi connectivity index (χ3n) is 7.31. The fraction of sp³-hybridized carbons (Fsp3) is 0.458. The van der Waals surface area contributed by atoms with Gasteiger partial charge in [0.1, 0.15) is 5.75 Å². The quantitative estimate of drug-likeness (QED) is 0.638. The smallest absolute Gasteiger partial charge is 0.151 e. The van der Waals surface area contributed by atoms with Gasteiger partial charge in [-0.15, -0.1) is 10.2 Å². The third-order valence-corrected chi connectivity index (χ3v) is 7.31. The molecule has 2 aliphatic carbocycles. The van der Waals surface area contributed by atoms with E-state index in [1.54, 1.807) is 18.5 Å². The van der Waals surface area contributed by atoms with Crippen LogP contribution in [0.1, 0.15) is 46.0 Å². The summed E-state index contributed by atoms with van der Waals surface area (Å²) < 4.78 is 0. The molecule has 2 unspecified atom stereocenters. The predicted octanol–water partition coefficient (Wildman–Crippen LogP) is 5.03. The lowest BCUT2D eigenvalue weighted by molar-refractivity contribution is 0.148. The second-order valence-electron chi connectivity index (χ2n) is 9.97. The summed E-state index contributed by atoms with van der Waals surface area (Å²) in [7, 11) is 2.14. The summed E-state index contributed by atoms with van der Waals surface area (Å²) in [4.78, 5) is 2.31. The highest BCUT2D eigenvalue weighted by atomic mass is 16.3. The minimum Gasteiger partial charge on any atom is -0.507 e. The molecule has 6 heteroatoms. The highest BCUT2D eigenvalue weighted by molar-refractivity contribution is 5.73. The number of phenols is 1. The predicted molar refractivity (Wildman–Crippen MR) is 118 cm³/mol. The number of aromatic nitrogens is 4. The van der Waals surface area contributed by atoms with Crippen molar-refractivity contribution < 1.29 is 5.11 Å². The molecule has 0 radical (unpaired) electrons. The minimum atomic E-state index is 0.189. The van der Waals surface area contributed by atoms with Crippen LogP contribution < -0.4 is 4.90 Å². The van der Waals surface area contributed by atoms with E-state index >= 15 is 0 Å². The molecule has 2 aliphatic rings. The fourth-order valence-corrected chi connectivity index (χ4v) is 5.82. The first-order valence-electron chi connectivity index (χ1n) is 10.7. The molecule has 1 aromatic carbocycles. The van der Waals surface area contributed by atoms with Crippen LogP contribution in [0.15, 0.2) is 42.7 Å². The lowest BCUT2D eigenvalue weighted by atomic mass is 9.68. The number of fused-ring (bicyclic) bond motifs is 2. The van der Waals surface area contributed by atoms with Crippen LogP contribution in [0.2, 0.25) is 0 Å². The summed E-state index contributed by atoms with van der Waals surface area (Å²) in [6.07, 6.45) is 10.0. The maximum absolute atomic E-state index is 10.5. The van der Waals surface area contributed by atoms with E-state index in [1.165, 1.54) is 32.1 Å². The van der Waals surface area contributed by atoms with Crippen LogP contribution in [0.5, 0.6) is 5.75 Å². The van der Waals surface area contributed by atoms with E-state index < -0.39 is 0 Å². The topological polar surface area (TPSA) is 77.9 Å². The van der Waals surface area contributed by atoms with Gasteiger partial charge in [-0.2, -0.15) is 5.10 Å². The molecule has 156 valence electrons. The van der Waals surface area contributed by atoms with E-state index in [0.717, 1.165) is 16.9 Å². The number of H-pyrrole nitrogens is 1. The number of phenolic OH excluding ortho intramolecular Hbond substituents is 1. The number of nitrogens with zero attached hydrogens (tertiary/aromatic N) is 4. The number of nitrogens with one attached hydrogen (secondary N) is 1. The maximum Gasteiger partial charge on any atom is 0.151 e. The molecule has 0 spiro atoms. The van der Waals surface area contributed by atoms with Crippen molar-refractivity contribution in [1.82, 2.24) is 20.4 Å². The van der Waals surface area contributed by atoms with E-state index in [4.69, 9.17) is 0 Å².